The fourth-order valence-corrected chi connectivity index (χ4v) is 4.16. The number of aromatic nitrogens is 1. The summed E-state index contributed by atoms with van der Waals surface area (Å²) in [5, 5.41) is 13.7. The van der Waals surface area contributed by atoms with E-state index in [1.54, 1.807) is 0 Å². The van der Waals surface area contributed by atoms with Crippen LogP contribution in [0.25, 0.3) is 0 Å². The van der Waals surface area contributed by atoms with Gasteiger partial charge in [0.2, 0.25) is 5.82 Å². The van der Waals surface area contributed by atoms with Gasteiger partial charge in [-0.25, -0.2) is 13.4 Å². The Labute approximate surface area is 118 Å². The van der Waals surface area contributed by atoms with Crippen LogP contribution in [0.3, 0.4) is 0 Å². The topological polar surface area (TPSA) is 102 Å². The van der Waals surface area contributed by atoms with Crippen LogP contribution >= 0.6 is 15.9 Å². The fourth-order valence-electron chi connectivity index (χ4n) is 1.98. The smallest absolute Gasteiger partial charge is 0.312 e. The first-order chi connectivity index (χ1) is 8.87. The second kappa shape index (κ2) is 5.41. The van der Waals surface area contributed by atoms with Crippen molar-refractivity contribution in [1.29, 1.82) is 0 Å². The molecule has 1 aromatic heterocycles. The summed E-state index contributed by atoms with van der Waals surface area (Å²) in [6.07, 6.45) is 2.04. The molecule has 9 heteroatoms. The van der Waals surface area contributed by atoms with Gasteiger partial charge in [-0.2, -0.15) is 0 Å². The summed E-state index contributed by atoms with van der Waals surface area (Å²) in [6, 6.07) is 1.36. The highest BCUT2D eigenvalue weighted by Crippen LogP contribution is 2.26. The molecule has 0 aliphatic carbocycles. The Bertz CT molecular complexity index is 605. The number of nitro groups is 1. The molecule has 0 amide bonds. The van der Waals surface area contributed by atoms with Gasteiger partial charge in [-0.1, -0.05) is 0 Å². The Hall–Kier alpha value is -1.22. The van der Waals surface area contributed by atoms with Gasteiger partial charge in [0.15, 0.2) is 9.84 Å². The number of pyridine rings is 1. The summed E-state index contributed by atoms with van der Waals surface area (Å²) in [5.41, 5.74) is -0.129. The minimum absolute atomic E-state index is 0.0185. The zero-order chi connectivity index (χ0) is 14.0. The van der Waals surface area contributed by atoms with E-state index >= 15 is 0 Å². The van der Waals surface area contributed by atoms with Gasteiger partial charge in [0, 0.05) is 23.3 Å². The molecule has 7 nitrogen and oxygen atoms in total. The predicted molar refractivity (Wildman–Crippen MR) is 73.8 cm³/mol. The monoisotopic (exact) mass is 349 g/mol. The first-order valence-electron chi connectivity index (χ1n) is 5.61. The average molecular weight is 350 g/mol. The Morgan fingerprint density at radius 3 is 2.89 bits per heavy atom. The molecule has 0 radical (unpaired) electrons. The lowest BCUT2D eigenvalue weighted by molar-refractivity contribution is -0.384. The Morgan fingerprint density at radius 1 is 1.58 bits per heavy atom. The van der Waals surface area contributed by atoms with Crippen LogP contribution in [0.15, 0.2) is 16.7 Å². The lowest BCUT2D eigenvalue weighted by Gasteiger charge is -2.10. The van der Waals surface area contributed by atoms with Crippen molar-refractivity contribution in [1.82, 2.24) is 4.98 Å². The standard InChI is InChI=1S/C10H12BrN3O4S/c11-8-3-9(14(15)16)10(13-5-8)12-4-7-1-2-19(17,18)6-7/h3,5,7H,1-2,4,6H2,(H,12,13). The zero-order valence-corrected chi connectivity index (χ0v) is 12.3. The van der Waals surface area contributed by atoms with Crippen molar-refractivity contribution >= 4 is 37.3 Å². The van der Waals surface area contributed by atoms with Crippen LogP contribution in [0.4, 0.5) is 11.5 Å². The second-order valence-corrected chi connectivity index (χ2v) is 7.57. The molecule has 2 heterocycles. The minimum Gasteiger partial charge on any atom is -0.364 e. The van der Waals surface area contributed by atoms with Crippen molar-refractivity contribution in [2.45, 2.75) is 6.42 Å². The minimum atomic E-state index is -2.93. The molecule has 1 aliphatic heterocycles. The highest BCUT2D eigenvalue weighted by Gasteiger charge is 2.28. The Kier molecular flexibility index (Phi) is 4.04. The highest BCUT2D eigenvalue weighted by atomic mass is 79.9. The van der Waals surface area contributed by atoms with E-state index in [2.05, 4.69) is 26.2 Å². The molecule has 1 fully saturated rings. The molecule has 1 saturated heterocycles. The lowest BCUT2D eigenvalue weighted by atomic mass is 10.1. The summed E-state index contributed by atoms with van der Waals surface area (Å²) in [4.78, 5) is 14.3. The number of anilines is 1. The molecule has 19 heavy (non-hydrogen) atoms. The van der Waals surface area contributed by atoms with Gasteiger partial charge in [-0.05, 0) is 28.3 Å². The van der Waals surface area contributed by atoms with Crippen molar-refractivity contribution in [2.75, 3.05) is 23.4 Å². The van der Waals surface area contributed by atoms with Crippen LogP contribution in [0.1, 0.15) is 6.42 Å². The number of hydrogen-bond acceptors (Lipinski definition) is 6. The van der Waals surface area contributed by atoms with Crippen molar-refractivity contribution in [2.24, 2.45) is 5.92 Å². The van der Waals surface area contributed by atoms with E-state index in [1.165, 1.54) is 12.3 Å². The van der Waals surface area contributed by atoms with Crippen LogP contribution in [0.5, 0.6) is 0 Å². The van der Waals surface area contributed by atoms with Gasteiger partial charge in [0.05, 0.1) is 16.4 Å². The number of nitrogens with one attached hydrogen (secondary N) is 1. The largest absolute Gasteiger partial charge is 0.364 e. The lowest BCUT2D eigenvalue weighted by Crippen LogP contribution is -2.17. The first kappa shape index (κ1) is 14.2. The summed E-state index contributed by atoms with van der Waals surface area (Å²) >= 11 is 3.12. The molecule has 1 atom stereocenters. The third-order valence-electron chi connectivity index (χ3n) is 2.92. The molecule has 0 aromatic carbocycles. The number of halogens is 1. The maximum atomic E-state index is 11.3. The van der Waals surface area contributed by atoms with Crippen molar-refractivity contribution < 1.29 is 13.3 Å². The summed E-state index contributed by atoms with van der Waals surface area (Å²) in [5.74, 6) is 0.465. The summed E-state index contributed by atoms with van der Waals surface area (Å²) in [6.45, 7) is 0.370. The molecule has 1 N–H and O–H groups in total. The third kappa shape index (κ3) is 3.63. The van der Waals surface area contributed by atoms with Crippen LogP contribution < -0.4 is 5.32 Å². The molecule has 104 valence electrons. The van der Waals surface area contributed by atoms with Gasteiger partial charge in [0.25, 0.3) is 0 Å². The summed E-state index contributed by atoms with van der Waals surface area (Å²) in [7, 11) is -2.93. The van der Waals surface area contributed by atoms with Crippen LogP contribution in [0, 0.1) is 16.0 Å². The van der Waals surface area contributed by atoms with Crippen LogP contribution in [-0.4, -0.2) is 36.4 Å². The molecule has 0 bridgehead atoms. The third-order valence-corrected chi connectivity index (χ3v) is 5.19. The maximum Gasteiger partial charge on any atom is 0.312 e. The van der Waals surface area contributed by atoms with Crippen molar-refractivity contribution in [3.8, 4) is 0 Å². The summed E-state index contributed by atoms with van der Waals surface area (Å²) < 4.78 is 23.2. The van der Waals surface area contributed by atoms with Crippen LogP contribution in [-0.2, 0) is 9.84 Å². The van der Waals surface area contributed by atoms with E-state index in [4.69, 9.17) is 0 Å². The van der Waals surface area contributed by atoms with Gasteiger partial charge < -0.3 is 5.32 Å². The molecule has 1 unspecified atom stereocenters. The fraction of sp³-hybridized carbons (Fsp3) is 0.500. The number of rotatable bonds is 4. The molecular formula is C10H12BrN3O4S. The van der Waals surface area contributed by atoms with Crippen molar-refractivity contribution in [3.05, 3.63) is 26.9 Å². The molecular weight excluding hydrogens is 338 g/mol. The van der Waals surface area contributed by atoms with Gasteiger partial charge in [0.1, 0.15) is 0 Å². The zero-order valence-electron chi connectivity index (χ0n) is 9.87. The van der Waals surface area contributed by atoms with E-state index in [0.29, 0.717) is 17.4 Å². The van der Waals surface area contributed by atoms with E-state index in [1.807, 2.05) is 0 Å². The first-order valence-corrected chi connectivity index (χ1v) is 8.23. The maximum absolute atomic E-state index is 11.3. The van der Waals surface area contributed by atoms with Gasteiger partial charge in [-0.3, -0.25) is 10.1 Å². The van der Waals surface area contributed by atoms with Gasteiger partial charge in [-0.15, -0.1) is 0 Å². The van der Waals surface area contributed by atoms with E-state index in [0.717, 1.165) is 0 Å². The Morgan fingerprint density at radius 2 is 2.32 bits per heavy atom. The molecule has 1 aliphatic rings. The van der Waals surface area contributed by atoms with Crippen molar-refractivity contribution in [3.63, 3.8) is 0 Å². The van der Waals surface area contributed by atoms with Gasteiger partial charge >= 0.3 is 5.69 Å². The van der Waals surface area contributed by atoms with E-state index < -0.39 is 14.8 Å². The highest BCUT2D eigenvalue weighted by molar-refractivity contribution is 9.10. The molecule has 0 spiro atoms. The van der Waals surface area contributed by atoms with E-state index in [9.17, 15) is 18.5 Å². The second-order valence-electron chi connectivity index (χ2n) is 4.43. The normalized spacial score (nSPS) is 21.2. The van der Waals surface area contributed by atoms with E-state index in [-0.39, 0.29) is 28.9 Å². The average Bonchev–Trinajstić information content (AvgIpc) is 2.67. The molecule has 1 aromatic rings. The number of hydrogen-bond donors (Lipinski definition) is 1. The number of sulfone groups is 1. The molecule has 0 saturated carbocycles. The quantitative estimate of drug-likeness (QED) is 0.654. The Balaban J connectivity index is 2.06. The SMILES string of the molecule is O=[N+]([O-])c1cc(Br)cnc1NCC1CCS(=O)(=O)C1. The molecule has 2 rings (SSSR count). The number of nitrogens with zero attached hydrogens (tertiary/aromatic N) is 2. The predicted octanol–water partition coefficient (Wildman–Crippen LogP) is 1.60. The van der Waals surface area contributed by atoms with Crippen LogP contribution in [0.2, 0.25) is 0 Å².